The molecule has 5 rings (SSSR count). The van der Waals surface area contributed by atoms with Crippen LogP contribution in [0.2, 0.25) is 0 Å². The van der Waals surface area contributed by atoms with Gasteiger partial charge in [-0.3, -0.25) is 14.5 Å². The van der Waals surface area contributed by atoms with Crippen LogP contribution in [0.25, 0.3) is 11.0 Å². The fourth-order valence-corrected chi connectivity index (χ4v) is 4.75. The standard InChI is InChI=1S/C28H27N3O4/c1-3-35-27(33)24-25(20-13-15-21(34-2)16-14-20)31-23-12-8-7-11-22(23)29-28(31)30(26(24)32)18-17-19-9-5-4-6-10-19/h4-16,24-25H,3,17-18H2,1-2H3/t24-,25-/m0/s1. The lowest BCUT2D eigenvalue weighted by Crippen LogP contribution is -2.50. The number of fused-ring (bicyclic) bond motifs is 3. The lowest BCUT2D eigenvalue weighted by atomic mass is 9.89. The predicted molar refractivity (Wildman–Crippen MR) is 133 cm³/mol. The Bertz CT molecular complexity index is 1350. The fraction of sp³-hybridized carbons (Fsp3) is 0.250. The van der Waals surface area contributed by atoms with Crippen molar-refractivity contribution in [1.29, 1.82) is 0 Å². The van der Waals surface area contributed by atoms with Crippen molar-refractivity contribution >= 4 is 28.9 Å². The minimum absolute atomic E-state index is 0.194. The van der Waals surface area contributed by atoms with Crippen molar-refractivity contribution in [2.45, 2.75) is 19.4 Å². The number of para-hydroxylation sites is 2. The van der Waals surface area contributed by atoms with E-state index in [0.717, 1.165) is 22.2 Å². The molecule has 35 heavy (non-hydrogen) atoms. The summed E-state index contributed by atoms with van der Waals surface area (Å²) in [4.78, 5) is 33.7. The van der Waals surface area contributed by atoms with E-state index >= 15 is 0 Å². The maximum atomic E-state index is 14.0. The number of aromatic nitrogens is 2. The topological polar surface area (TPSA) is 73.7 Å². The Morgan fingerprint density at radius 1 is 0.971 bits per heavy atom. The van der Waals surface area contributed by atoms with Crippen LogP contribution in [0.4, 0.5) is 5.95 Å². The first-order valence-corrected chi connectivity index (χ1v) is 11.7. The van der Waals surface area contributed by atoms with E-state index in [1.54, 1.807) is 18.9 Å². The normalized spacial score (nSPS) is 17.3. The monoisotopic (exact) mass is 469 g/mol. The second-order valence-corrected chi connectivity index (χ2v) is 8.44. The SMILES string of the molecule is CCOC(=O)[C@@H]1C(=O)N(CCc2ccccc2)c2nc3ccccc3n2[C@H]1c1ccc(OC)cc1. The van der Waals surface area contributed by atoms with Crippen LogP contribution in [-0.4, -0.2) is 41.7 Å². The largest absolute Gasteiger partial charge is 0.497 e. The molecular formula is C28H27N3O4. The Morgan fingerprint density at radius 3 is 2.40 bits per heavy atom. The third-order valence-corrected chi connectivity index (χ3v) is 6.41. The highest BCUT2D eigenvalue weighted by molar-refractivity contribution is 6.08. The molecule has 1 aliphatic rings. The summed E-state index contributed by atoms with van der Waals surface area (Å²) >= 11 is 0. The number of esters is 1. The molecule has 0 N–H and O–H groups in total. The summed E-state index contributed by atoms with van der Waals surface area (Å²) in [5.41, 5.74) is 3.54. The van der Waals surface area contributed by atoms with Crippen molar-refractivity contribution in [3.8, 4) is 5.75 Å². The molecule has 1 aliphatic heterocycles. The van der Waals surface area contributed by atoms with Crippen LogP contribution < -0.4 is 9.64 Å². The van der Waals surface area contributed by atoms with Gasteiger partial charge in [-0.1, -0.05) is 54.6 Å². The molecule has 0 bridgehead atoms. The number of ether oxygens (including phenoxy) is 2. The number of nitrogens with zero attached hydrogens (tertiary/aromatic N) is 3. The molecule has 3 aromatic carbocycles. The fourth-order valence-electron chi connectivity index (χ4n) is 4.75. The molecule has 2 atom stereocenters. The number of hydrogen-bond acceptors (Lipinski definition) is 5. The third kappa shape index (κ3) is 4.14. The van der Waals surface area contributed by atoms with Crippen LogP contribution in [0.5, 0.6) is 5.75 Å². The van der Waals surface area contributed by atoms with Crippen LogP contribution in [0, 0.1) is 5.92 Å². The molecule has 7 nitrogen and oxygen atoms in total. The first-order chi connectivity index (χ1) is 17.1. The molecule has 0 radical (unpaired) electrons. The Balaban J connectivity index is 1.67. The summed E-state index contributed by atoms with van der Waals surface area (Å²) in [6.07, 6.45) is 0.637. The van der Waals surface area contributed by atoms with E-state index in [2.05, 4.69) is 0 Å². The highest BCUT2D eigenvalue weighted by Gasteiger charge is 2.47. The Morgan fingerprint density at radius 2 is 1.69 bits per heavy atom. The molecule has 0 saturated carbocycles. The second-order valence-electron chi connectivity index (χ2n) is 8.44. The van der Waals surface area contributed by atoms with E-state index in [1.165, 1.54) is 0 Å². The van der Waals surface area contributed by atoms with Gasteiger partial charge in [0, 0.05) is 6.54 Å². The molecule has 0 unspecified atom stereocenters. The number of carbonyl (C=O) groups is 2. The first-order valence-electron chi connectivity index (χ1n) is 11.7. The van der Waals surface area contributed by atoms with Gasteiger partial charge in [-0.15, -0.1) is 0 Å². The third-order valence-electron chi connectivity index (χ3n) is 6.41. The summed E-state index contributed by atoms with van der Waals surface area (Å²) in [5, 5.41) is 0. The number of anilines is 1. The molecule has 0 aliphatic carbocycles. The van der Waals surface area contributed by atoms with Gasteiger partial charge in [0.25, 0.3) is 0 Å². The maximum absolute atomic E-state index is 14.0. The van der Waals surface area contributed by atoms with Crippen LogP contribution in [0.1, 0.15) is 24.1 Å². The zero-order valence-corrected chi connectivity index (χ0v) is 19.8. The number of rotatable bonds is 7. The molecule has 1 aromatic heterocycles. The van der Waals surface area contributed by atoms with Gasteiger partial charge in [-0.05, 0) is 48.7 Å². The quantitative estimate of drug-likeness (QED) is 0.296. The average Bonchev–Trinajstić information content (AvgIpc) is 3.27. The van der Waals surface area contributed by atoms with Gasteiger partial charge in [-0.2, -0.15) is 0 Å². The molecule has 4 aromatic rings. The number of carbonyl (C=O) groups excluding carboxylic acids is 2. The summed E-state index contributed by atoms with van der Waals surface area (Å²) < 4.78 is 12.7. The molecule has 0 fully saturated rings. The van der Waals surface area contributed by atoms with Gasteiger partial charge in [0.1, 0.15) is 5.75 Å². The number of benzene rings is 3. The van der Waals surface area contributed by atoms with Crippen LogP contribution in [0.15, 0.2) is 78.9 Å². The maximum Gasteiger partial charge on any atom is 0.321 e. The number of hydrogen-bond donors (Lipinski definition) is 0. The summed E-state index contributed by atoms with van der Waals surface area (Å²) in [7, 11) is 1.60. The first kappa shape index (κ1) is 22.7. The van der Waals surface area contributed by atoms with E-state index in [-0.39, 0.29) is 12.5 Å². The van der Waals surface area contributed by atoms with E-state index in [9.17, 15) is 9.59 Å². The van der Waals surface area contributed by atoms with Crippen molar-refractivity contribution < 1.29 is 19.1 Å². The molecule has 2 heterocycles. The van der Waals surface area contributed by atoms with E-state index in [1.807, 2.05) is 83.4 Å². The second kappa shape index (κ2) is 9.62. The van der Waals surface area contributed by atoms with E-state index in [4.69, 9.17) is 14.5 Å². The van der Waals surface area contributed by atoms with Crippen molar-refractivity contribution in [3.05, 3.63) is 90.0 Å². The van der Waals surface area contributed by atoms with E-state index < -0.39 is 17.9 Å². The van der Waals surface area contributed by atoms with Gasteiger partial charge in [0.2, 0.25) is 11.9 Å². The lowest BCUT2D eigenvalue weighted by Gasteiger charge is -2.38. The molecule has 0 spiro atoms. The number of methoxy groups -OCH3 is 1. The van der Waals surface area contributed by atoms with Gasteiger partial charge in [-0.25, -0.2) is 4.98 Å². The minimum Gasteiger partial charge on any atom is -0.497 e. The van der Waals surface area contributed by atoms with Crippen LogP contribution >= 0.6 is 0 Å². The van der Waals surface area contributed by atoms with Gasteiger partial charge < -0.3 is 14.0 Å². The average molecular weight is 470 g/mol. The van der Waals surface area contributed by atoms with Crippen molar-refractivity contribution in [3.63, 3.8) is 0 Å². The molecule has 0 saturated heterocycles. The van der Waals surface area contributed by atoms with Crippen LogP contribution in [0.3, 0.4) is 0 Å². The zero-order valence-electron chi connectivity index (χ0n) is 19.8. The smallest absolute Gasteiger partial charge is 0.321 e. The van der Waals surface area contributed by atoms with Gasteiger partial charge in [0.15, 0.2) is 5.92 Å². The molecular weight excluding hydrogens is 442 g/mol. The Kier molecular flexibility index (Phi) is 6.23. The minimum atomic E-state index is -1.04. The van der Waals surface area contributed by atoms with Gasteiger partial charge >= 0.3 is 5.97 Å². The molecule has 7 heteroatoms. The highest BCUT2D eigenvalue weighted by Crippen LogP contribution is 2.41. The van der Waals surface area contributed by atoms with E-state index in [0.29, 0.717) is 24.7 Å². The lowest BCUT2D eigenvalue weighted by molar-refractivity contribution is -0.153. The van der Waals surface area contributed by atoms with Crippen molar-refractivity contribution in [2.75, 3.05) is 25.2 Å². The number of amides is 1. The predicted octanol–water partition coefficient (Wildman–Crippen LogP) is 4.40. The summed E-state index contributed by atoms with van der Waals surface area (Å²) in [5.74, 6) is -0.643. The van der Waals surface area contributed by atoms with Gasteiger partial charge in [0.05, 0.1) is 30.8 Å². The van der Waals surface area contributed by atoms with Crippen LogP contribution in [-0.2, 0) is 20.7 Å². The summed E-state index contributed by atoms with van der Waals surface area (Å²) in [6, 6.07) is 24.6. The number of imidazole rings is 1. The summed E-state index contributed by atoms with van der Waals surface area (Å²) in [6.45, 7) is 2.34. The zero-order chi connectivity index (χ0) is 24.4. The molecule has 1 amide bonds. The Hall–Kier alpha value is -4.13. The molecule has 178 valence electrons. The van der Waals surface area contributed by atoms with Crippen molar-refractivity contribution in [2.24, 2.45) is 5.92 Å². The highest BCUT2D eigenvalue weighted by atomic mass is 16.5. The van der Waals surface area contributed by atoms with Crippen molar-refractivity contribution in [1.82, 2.24) is 9.55 Å². The Labute approximate surface area is 203 Å².